The highest BCUT2D eigenvalue weighted by Crippen LogP contribution is 2.38. The minimum atomic E-state index is 0.916. The van der Waals surface area contributed by atoms with Crippen LogP contribution in [0.5, 0.6) is 0 Å². The summed E-state index contributed by atoms with van der Waals surface area (Å²) in [5.74, 6) is 3.99. The average Bonchev–Trinajstić information content (AvgIpc) is 2.18. The number of rotatable bonds is 1. The Morgan fingerprint density at radius 1 is 1.07 bits per heavy atom. The molecule has 1 aliphatic heterocycles. The molecule has 82 valence electrons. The minimum Gasteiger partial charge on any atom is -0.316 e. The van der Waals surface area contributed by atoms with E-state index in [0.717, 1.165) is 23.7 Å². The van der Waals surface area contributed by atoms with Crippen molar-refractivity contribution < 1.29 is 0 Å². The van der Waals surface area contributed by atoms with Crippen LogP contribution in [0.1, 0.15) is 46.0 Å². The maximum atomic E-state index is 3.51. The molecule has 0 aromatic heterocycles. The van der Waals surface area contributed by atoms with E-state index in [9.17, 15) is 0 Å². The molecule has 0 amide bonds. The Kier molecular flexibility index (Phi) is 3.48. The van der Waals surface area contributed by atoms with Crippen LogP contribution in [0.4, 0.5) is 0 Å². The van der Waals surface area contributed by atoms with Crippen molar-refractivity contribution in [2.24, 2.45) is 23.7 Å². The molecule has 4 atom stereocenters. The smallest absolute Gasteiger partial charge is 0.00204 e. The molecule has 1 heteroatoms. The first-order valence-electron chi connectivity index (χ1n) is 6.48. The predicted octanol–water partition coefficient (Wildman–Crippen LogP) is 3.06. The minimum absolute atomic E-state index is 0.916. The monoisotopic (exact) mass is 195 g/mol. The van der Waals surface area contributed by atoms with E-state index in [4.69, 9.17) is 0 Å². The van der Waals surface area contributed by atoms with Crippen LogP contribution < -0.4 is 5.32 Å². The number of hydrogen-bond donors (Lipinski definition) is 1. The van der Waals surface area contributed by atoms with Gasteiger partial charge in [-0.1, -0.05) is 33.1 Å². The second kappa shape index (κ2) is 4.65. The zero-order valence-electron chi connectivity index (χ0n) is 9.76. The fourth-order valence-electron chi connectivity index (χ4n) is 3.60. The quantitative estimate of drug-likeness (QED) is 0.678. The maximum Gasteiger partial charge on any atom is -0.00204 e. The van der Waals surface area contributed by atoms with E-state index in [1.807, 2.05) is 0 Å². The van der Waals surface area contributed by atoms with Crippen molar-refractivity contribution in [1.82, 2.24) is 5.32 Å². The largest absolute Gasteiger partial charge is 0.316 e. The highest BCUT2D eigenvalue weighted by molar-refractivity contribution is 4.83. The van der Waals surface area contributed by atoms with Gasteiger partial charge in [0.1, 0.15) is 0 Å². The highest BCUT2D eigenvalue weighted by Gasteiger charge is 2.31. The third-order valence-electron chi connectivity index (χ3n) is 4.43. The second-order valence-corrected chi connectivity index (χ2v) is 5.67. The summed E-state index contributed by atoms with van der Waals surface area (Å²) in [5.41, 5.74) is 0. The summed E-state index contributed by atoms with van der Waals surface area (Å²) in [4.78, 5) is 0. The molecule has 1 saturated carbocycles. The molecule has 0 radical (unpaired) electrons. The van der Waals surface area contributed by atoms with Crippen LogP contribution in [0.25, 0.3) is 0 Å². The Bertz CT molecular complexity index is 178. The first kappa shape index (κ1) is 10.5. The van der Waals surface area contributed by atoms with Crippen LogP contribution in [0, 0.1) is 23.7 Å². The van der Waals surface area contributed by atoms with E-state index in [1.54, 1.807) is 0 Å². The molecule has 2 aliphatic rings. The zero-order chi connectivity index (χ0) is 9.97. The number of nitrogens with one attached hydrogen (secondary N) is 1. The van der Waals surface area contributed by atoms with Gasteiger partial charge >= 0.3 is 0 Å². The van der Waals surface area contributed by atoms with Crippen molar-refractivity contribution in [3.05, 3.63) is 0 Å². The van der Waals surface area contributed by atoms with Gasteiger partial charge in [0, 0.05) is 0 Å². The number of hydrogen-bond acceptors (Lipinski definition) is 1. The van der Waals surface area contributed by atoms with Crippen LogP contribution in [-0.4, -0.2) is 13.1 Å². The first-order chi connectivity index (χ1) is 6.77. The van der Waals surface area contributed by atoms with Gasteiger partial charge in [-0.25, -0.2) is 0 Å². The lowest BCUT2D eigenvalue weighted by molar-refractivity contribution is 0.128. The molecule has 2 fully saturated rings. The van der Waals surface area contributed by atoms with Gasteiger partial charge < -0.3 is 5.32 Å². The van der Waals surface area contributed by atoms with Gasteiger partial charge in [-0.3, -0.25) is 0 Å². The molecule has 4 unspecified atom stereocenters. The SMILES string of the molecule is CC1CCCC(C2CCNCC2C)C1. The van der Waals surface area contributed by atoms with E-state index in [1.165, 1.54) is 45.2 Å². The highest BCUT2D eigenvalue weighted by atomic mass is 14.9. The lowest BCUT2D eigenvalue weighted by Crippen LogP contribution is -2.39. The van der Waals surface area contributed by atoms with Crippen LogP contribution in [0.3, 0.4) is 0 Å². The molecule has 1 heterocycles. The lowest BCUT2D eigenvalue weighted by atomic mass is 9.69. The van der Waals surface area contributed by atoms with Gasteiger partial charge in [0.25, 0.3) is 0 Å². The topological polar surface area (TPSA) is 12.0 Å². The molecular formula is C13H25N. The van der Waals surface area contributed by atoms with Gasteiger partial charge in [-0.15, -0.1) is 0 Å². The Morgan fingerprint density at radius 2 is 1.93 bits per heavy atom. The summed E-state index contributed by atoms with van der Waals surface area (Å²) in [6, 6.07) is 0. The van der Waals surface area contributed by atoms with E-state index >= 15 is 0 Å². The Hall–Kier alpha value is -0.0400. The van der Waals surface area contributed by atoms with Crippen molar-refractivity contribution in [1.29, 1.82) is 0 Å². The zero-order valence-corrected chi connectivity index (χ0v) is 9.76. The fourth-order valence-corrected chi connectivity index (χ4v) is 3.60. The van der Waals surface area contributed by atoms with Gasteiger partial charge in [-0.2, -0.15) is 0 Å². The first-order valence-corrected chi connectivity index (χ1v) is 6.48. The summed E-state index contributed by atoms with van der Waals surface area (Å²) >= 11 is 0. The molecule has 0 bridgehead atoms. The van der Waals surface area contributed by atoms with Crippen molar-refractivity contribution in [3.63, 3.8) is 0 Å². The molecule has 1 N–H and O–H groups in total. The molecule has 2 rings (SSSR count). The van der Waals surface area contributed by atoms with Gasteiger partial charge in [0.05, 0.1) is 0 Å². The second-order valence-electron chi connectivity index (χ2n) is 5.67. The standard InChI is InChI=1S/C13H25N/c1-10-4-3-5-12(8-10)13-6-7-14-9-11(13)2/h10-14H,3-9H2,1-2H3. The normalized spacial score (nSPS) is 45.0. The third kappa shape index (κ3) is 2.31. The summed E-state index contributed by atoms with van der Waals surface area (Å²) in [5, 5.41) is 3.51. The Morgan fingerprint density at radius 3 is 2.64 bits per heavy atom. The van der Waals surface area contributed by atoms with E-state index in [-0.39, 0.29) is 0 Å². The lowest BCUT2D eigenvalue weighted by Gasteiger charge is -2.39. The van der Waals surface area contributed by atoms with Gasteiger partial charge in [0.15, 0.2) is 0 Å². The van der Waals surface area contributed by atoms with Crippen LogP contribution in [-0.2, 0) is 0 Å². The van der Waals surface area contributed by atoms with Gasteiger partial charge in [0.2, 0.25) is 0 Å². The van der Waals surface area contributed by atoms with E-state index < -0.39 is 0 Å². The summed E-state index contributed by atoms with van der Waals surface area (Å²) < 4.78 is 0. The third-order valence-corrected chi connectivity index (χ3v) is 4.43. The summed E-state index contributed by atoms with van der Waals surface area (Å²) in [6.07, 6.45) is 7.42. The van der Waals surface area contributed by atoms with E-state index in [0.29, 0.717) is 0 Å². The van der Waals surface area contributed by atoms with E-state index in [2.05, 4.69) is 19.2 Å². The molecule has 0 spiro atoms. The maximum absolute atomic E-state index is 3.51. The molecule has 0 aromatic rings. The fraction of sp³-hybridized carbons (Fsp3) is 1.00. The Labute approximate surface area is 88.7 Å². The van der Waals surface area contributed by atoms with Gasteiger partial charge in [-0.05, 0) is 49.6 Å². The number of piperidine rings is 1. The summed E-state index contributed by atoms with van der Waals surface area (Å²) in [7, 11) is 0. The van der Waals surface area contributed by atoms with Crippen LogP contribution in [0.2, 0.25) is 0 Å². The molecule has 0 aromatic carbocycles. The molecule has 1 aliphatic carbocycles. The van der Waals surface area contributed by atoms with Crippen molar-refractivity contribution in [3.8, 4) is 0 Å². The van der Waals surface area contributed by atoms with Crippen molar-refractivity contribution in [2.45, 2.75) is 46.0 Å². The Balaban J connectivity index is 1.91. The molecule has 1 saturated heterocycles. The van der Waals surface area contributed by atoms with Crippen LogP contribution in [0.15, 0.2) is 0 Å². The average molecular weight is 195 g/mol. The predicted molar refractivity (Wildman–Crippen MR) is 61.3 cm³/mol. The molecular weight excluding hydrogens is 170 g/mol. The molecule has 14 heavy (non-hydrogen) atoms. The van der Waals surface area contributed by atoms with Crippen molar-refractivity contribution in [2.75, 3.05) is 13.1 Å². The molecule has 1 nitrogen and oxygen atoms in total. The summed E-state index contributed by atoms with van der Waals surface area (Å²) in [6.45, 7) is 7.41. The van der Waals surface area contributed by atoms with Crippen molar-refractivity contribution >= 4 is 0 Å². The van der Waals surface area contributed by atoms with Crippen LogP contribution >= 0.6 is 0 Å².